The van der Waals surface area contributed by atoms with Crippen LogP contribution in [0.25, 0.3) is 0 Å². The first-order valence-corrected chi connectivity index (χ1v) is 11.7. The molecule has 0 aliphatic heterocycles. The minimum atomic E-state index is -0.432. The van der Waals surface area contributed by atoms with Gasteiger partial charge in [-0.1, -0.05) is 29.3 Å². The molecule has 0 saturated carbocycles. The molecule has 0 atom stereocenters. The standard InChI is InChI=1S/C23H20Cl2IN3O4/c1-2-32-22-11-16(12-27-28-13-18-19(24)4-3-5-20(18)25)10-21(26)23(22)33-14-15-6-8-17(9-7-15)29(30)31/h3-12,28H,2,13-14H2,1H3/b27-12+. The molecular formula is C23H20Cl2IN3O4. The zero-order valence-electron chi connectivity index (χ0n) is 17.6. The average molecular weight is 600 g/mol. The first-order valence-electron chi connectivity index (χ1n) is 9.90. The maximum Gasteiger partial charge on any atom is 0.269 e. The van der Waals surface area contributed by atoms with Crippen LogP contribution in [0.2, 0.25) is 10.0 Å². The molecule has 3 aromatic rings. The Bertz CT molecular complexity index is 1140. The van der Waals surface area contributed by atoms with Gasteiger partial charge >= 0.3 is 0 Å². The summed E-state index contributed by atoms with van der Waals surface area (Å²) in [5.41, 5.74) is 5.40. The lowest BCUT2D eigenvalue weighted by Crippen LogP contribution is -2.07. The van der Waals surface area contributed by atoms with E-state index in [1.165, 1.54) is 12.1 Å². The largest absolute Gasteiger partial charge is 0.490 e. The number of hydrogen-bond donors (Lipinski definition) is 1. The Hall–Kier alpha value is -2.56. The summed E-state index contributed by atoms with van der Waals surface area (Å²) in [4.78, 5) is 10.4. The molecule has 0 heterocycles. The first-order chi connectivity index (χ1) is 15.9. The zero-order valence-corrected chi connectivity index (χ0v) is 21.2. The van der Waals surface area contributed by atoms with Crippen molar-refractivity contribution in [3.63, 3.8) is 0 Å². The van der Waals surface area contributed by atoms with Crippen LogP contribution < -0.4 is 14.9 Å². The minimum absolute atomic E-state index is 0.0393. The molecule has 0 aromatic heterocycles. The van der Waals surface area contributed by atoms with Gasteiger partial charge < -0.3 is 14.9 Å². The summed E-state index contributed by atoms with van der Waals surface area (Å²) >= 11 is 14.5. The molecule has 33 heavy (non-hydrogen) atoms. The predicted molar refractivity (Wildman–Crippen MR) is 139 cm³/mol. The van der Waals surface area contributed by atoms with E-state index in [1.807, 2.05) is 19.1 Å². The minimum Gasteiger partial charge on any atom is -0.490 e. The summed E-state index contributed by atoms with van der Waals surface area (Å²) in [6.07, 6.45) is 1.68. The topological polar surface area (TPSA) is 86.0 Å². The summed E-state index contributed by atoms with van der Waals surface area (Å²) < 4.78 is 12.6. The normalized spacial score (nSPS) is 10.9. The molecule has 0 unspecified atom stereocenters. The van der Waals surface area contributed by atoms with E-state index >= 15 is 0 Å². The van der Waals surface area contributed by atoms with Crippen LogP contribution in [0.5, 0.6) is 11.5 Å². The van der Waals surface area contributed by atoms with Crippen LogP contribution in [0.1, 0.15) is 23.6 Å². The highest BCUT2D eigenvalue weighted by Gasteiger charge is 2.13. The van der Waals surface area contributed by atoms with E-state index in [9.17, 15) is 10.1 Å². The second kappa shape index (κ2) is 12.1. The van der Waals surface area contributed by atoms with E-state index in [4.69, 9.17) is 32.7 Å². The fourth-order valence-corrected chi connectivity index (χ4v) is 4.19. The van der Waals surface area contributed by atoms with E-state index in [-0.39, 0.29) is 12.3 Å². The van der Waals surface area contributed by atoms with Gasteiger partial charge in [0.15, 0.2) is 11.5 Å². The number of ether oxygens (including phenoxy) is 2. The second-order valence-corrected chi connectivity index (χ2v) is 8.75. The van der Waals surface area contributed by atoms with Gasteiger partial charge in [-0.05, 0) is 77.0 Å². The molecule has 0 aliphatic carbocycles. The van der Waals surface area contributed by atoms with E-state index in [0.29, 0.717) is 34.7 Å². The van der Waals surface area contributed by atoms with Crippen LogP contribution in [0.4, 0.5) is 5.69 Å². The van der Waals surface area contributed by atoms with Crippen molar-refractivity contribution in [2.45, 2.75) is 20.1 Å². The molecule has 0 amide bonds. The maximum absolute atomic E-state index is 10.8. The van der Waals surface area contributed by atoms with Crippen molar-refractivity contribution in [2.24, 2.45) is 5.10 Å². The molecular weight excluding hydrogens is 580 g/mol. The SMILES string of the molecule is CCOc1cc(/C=N/NCc2c(Cl)cccc2Cl)cc(I)c1OCc1ccc([N+](=O)[O-])cc1. The monoisotopic (exact) mass is 599 g/mol. The molecule has 0 fully saturated rings. The van der Waals surface area contributed by atoms with Crippen LogP contribution in [-0.4, -0.2) is 17.7 Å². The van der Waals surface area contributed by atoms with Crippen LogP contribution in [-0.2, 0) is 13.2 Å². The van der Waals surface area contributed by atoms with Gasteiger partial charge in [-0.3, -0.25) is 10.1 Å². The van der Waals surface area contributed by atoms with Gasteiger partial charge in [-0.25, -0.2) is 0 Å². The maximum atomic E-state index is 10.8. The quantitative estimate of drug-likeness (QED) is 0.123. The molecule has 7 nitrogen and oxygen atoms in total. The second-order valence-electron chi connectivity index (χ2n) is 6.77. The number of nitrogens with zero attached hydrogens (tertiary/aromatic N) is 2. The lowest BCUT2D eigenvalue weighted by Gasteiger charge is -2.15. The fourth-order valence-electron chi connectivity index (χ4n) is 2.88. The number of rotatable bonds is 10. The Labute approximate surface area is 215 Å². The summed E-state index contributed by atoms with van der Waals surface area (Å²) in [5.74, 6) is 1.19. The summed E-state index contributed by atoms with van der Waals surface area (Å²) in [7, 11) is 0. The summed E-state index contributed by atoms with van der Waals surface area (Å²) in [6, 6.07) is 15.4. The van der Waals surface area contributed by atoms with Gasteiger partial charge in [-0.15, -0.1) is 0 Å². The molecule has 0 spiro atoms. The molecule has 1 N–H and O–H groups in total. The van der Waals surface area contributed by atoms with Crippen molar-refractivity contribution in [3.05, 3.63) is 95.0 Å². The van der Waals surface area contributed by atoms with Gasteiger partial charge in [0.2, 0.25) is 0 Å². The molecule has 3 aromatic carbocycles. The van der Waals surface area contributed by atoms with Gasteiger partial charge in [0.25, 0.3) is 5.69 Å². The van der Waals surface area contributed by atoms with Crippen LogP contribution in [0.3, 0.4) is 0 Å². The Morgan fingerprint density at radius 2 is 1.82 bits per heavy atom. The lowest BCUT2D eigenvalue weighted by molar-refractivity contribution is -0.384. The lowest BCUT2D eigenvalue weighted by atomic mass is 10.2. The van der Waals surface area contributed by atoms with Crippen molar-refractivity contribution in [1.82, 2.24) is 5.43 Å². The highest BCUT2D eigenvalue weighted by atomic mass is 127. The van der Waals surface area contributed by atoms with Crippen molar-refractivity contribution >= 4 is 57.7 Å². The van der Waals surface area contributed by atoms with Crippen molar-refractivity contribution in [3.8, 4) is 11.5 Å². The summed E-state index contributed by atoms with van der Waals surface area (Å²) in [6.45, 7) is 3.00. The molecule has 10 heteroatoms. The predicted octanol–water partition coefficient (Wildman–Crippen LogP) is 6.61. The van der Waals surface area contributed by atoms with Crippen molar-refractivity contribution < 1.29 is 14.4 Å². The van der Waals surface area contributed by atoms with Gasteiger partial charge in [-0.2, -0.15) is 5.10 Å². The molecule has 172 valence electrons. The average Bonchev–Trinajstić information content (AvgIpc) is 2.78. The molecule has 0 radical (unpaired) electrons. The van der Waals surface area contributed by atoms with Gasteiger partial charge in [0.1, 0.15) is 6.61 Å². The third-order valence-corrected chi connectivity index (χ3v) is 5.99. The zero-order chi connectivity index (χ0) is 23.8. The van der Waals surface area contributed by atoms with Crippen LogP contribution in [0, 0.1) is 13.7 Å². The smallest absolute Gasteiger partial charge is 0.269 e. The summed E-state index contributed by atoms with van der Waals surface area (Å²) in [5, 5.41) is 16.2. The number of benzene rings is 3. The van der Waals surface area contributed by atoms with E-state index < -0.39 is 4.92 Å². The number of nitrogens with one attached hydrogen (secondary N) is 1. The van der Waals surface area contributed by atoms with Gasteiger partial charge in [0, 0.05) is 27.7 Å². The number of non-ortho nitro benzene ring substituents is 1. The van der Waals surface area contributed by atoms with E-state index in [1.54, 1.807) is 36.5 Å². The third-order valence-electron chi connectivity index (χ3n) is 4.48. The number of hydrogen-bond acceptors (Lipinski definition) is 6. The Kier molecular flexibility index (Phi) is 9.16. The van der Waals surface area contributed by atoms with E-state index in [2.05, 4.69) is 33.1 Å². The third kappa shape index (κ3) is 6.96. The van der Waals surface area contributed by atoms with Crippen LogP contribution >= 0.6 is 45.8 Å². The molecule has 0 saturated heterocycles. The highest BCUT2D eigenvalue weighted by molar-refractivity contribution is 14.1. The van der Waals surface area contributed by atoms with E-state index in [0.717, 1.165) is 20.3 Å². The van der Waals surface area contributed by atoms with Gasteiger partial charge in [0.05, 0.1) is 27.9 Å². The number of halogens is 3. The number of hydrazone groups is 1. The Morgan fingerprint density at radius 1 is 1.12 bits per heavy atom. The number of nitro benzene ring substituents is 1. The van der Waals surface area contributed by atoms with Crippen molar-refractivity contribution in [2.75, 3.05) is 6.61 Å². The number of nitro groups is 1. The highest BCUT2D eigenvalue weighted by Crippen LogP contribution is 2.34. The first kappa shape index (κ1) is 25.1. The van der Waals surface area contributed by atoms with Crippen LogP contribution in [0.15, 0.2) is 59.7 Å². The fraction of sp³-hybridized carbons (Fsp3) is 0.174. The van der Waals surface area contributed by atoms with Crippen molar-refractivity contribution in [1.29, 1.82) is 0 Å². The molecule has 0 bridgehead atoms. The molecule has 3 rings (SSSR count). The Morgan fingerprint density at radius 3 is 2.45 bits per heavy atom. The molecule has 0 aliphatic rings. The Balaban J connectivity index is 1.69.